The quantitative estimate of drug-likeness (QED) is 0.848. The molecule has 1 aromatic rings. The molecule has 0 fully saturated rings. The zero-order valence-corrected chi connectivity index (χ0v) is 12.3. The lowest BCUT2D eigenvalue weighted by Crippen LogP contribution is -2.36. The van der Waals surface area contributed by atoms with Gasteiger partial charge in [-0.05, 0) is 31.5 Å². The highest BCUT2D eigenvalue weighted by molar-refractivity contribution is 9.10. The van der Waals surface area contributed by atoms with E-state index < -0.39 is 17.8 Å². The van der Waals surface area contributed by atoms with E-state index in [1.807, 2.05) is 13.8 Å². The average Bonchev–Trinajstić information content (AvgIpc) is 2.37. The highest BCUT2D eigenvalue weighted by Gasteiger charge is 2.25. The smallest absolute Gasteiger partial charge is 0.327 e. The van der Waals surface area contributed by atoms with Crippen LogP contribution in [0.25, 0.3) is 0 Å². The first kappa shape index (κ1) is 15.1. The molecule has 0 aromatic heterocycles. The van der Waals surface area contributed by atoms with Gasteiger partial charge in [0.2, 0.25) is 0 Å². The van der Waals surface area contributed by atoms with Gasteiger partial charge in [0.1, 0.15) is 11.9 Å². The third-order valence-corrected chi connectivity index (χ3v) is 3.26. The van der Waals surface area contributed by atoms with Crippen molar-refractivity contribution in [1.82, 2.24) is 5.32 Å². The summed E-state index contributed by atoms with van der Waals surface area (Å²) in [5.41, 5.74) is 0.288. The predicted molar refractivity (Wildman–Crippen MR) is 71.7 cm³/mol. The van der Waals surface area contributed by atoms with E-state index in [2.05, 4.69) is 21.2 Å². The molecule has 3 nitrogen and oxygen atoms in total. The normalized spacial score (nSPS) is 14.1. The van der Waals surface area contributed by atoms with Crippen molar-refractivity contribution >= 4 is 21.9 Å². The monoisotopic (exact) mass is 317 g/mol. The lowest BCUT2D eigenvalue weighted by molar-refractivity contribution is -0.143. The van der Waals surface area contributed by atoms with Crippen LogP contribution in [0.5, 0.6) is 0 Å². The summed E-state index contributed by atoms with van der Waals surface area (Å²) in [4.78, 5) is 11.8. The molecule has 1 rings (SSSR count). The molecule has 1 N–H and O–H groups in total. The van der Waals surface area contributed by atoms with E-state index >= 15 is 0 Å². The van der Waals surface area contributed by atoms with Gasteiger partial charge in [-0.1, -0.05) is 22.9 Å². The zero-order valence-electron chi connectivity index (χ0n) is 10.7. The van der Waals surface area contributed by atoms with Gasteiger partial charge in [-0.3, -0.25) is 5.32 Å². The summed E-state index contributed by atoms with van der Waals surface area (Å²) < 4.78 is 19.2. The van der Waals surface area contributed by atoms with Gasteiger partial charge in [0, 0.05) is 16.1 Å². The second kappa shape index (κ2) is 6.85. The van der Waals surface area contributed by atoms with Crippen molar-refractivity contribution in [2.75, 3.05) is 7.11 Å². The number of carbonyl (C=O) groups excluding carboxylic acids is 1. The molecule has 0 saturated carbocycles. The molecule has 1 aromatic carbocycles. The van der Waals surface area contributed by atoms with Gasteiger partial charge in [-0.15, -0.1) is 0 Å². The van der Waals surface area contributed by atoms with Crippen LogP contribution in [0.3, 0.4) is 0 Å². The van der Waals surface area contributed by atoms with E-state index in [0.717, 1.165) is 10.9 Å². The van der Waals surface area contributed by atoms with Crippen molar-refractivity contribution in [2.24, 2.45) is 0 Å². The maximum atomic E-state index is 13.8. The van der Waals surface area contributed by atoms with Gasteiger partial charge in [0.15, 0.2) is 0 Å². The van der Waals surface area contributed by atoms with E-state index in [-0.39, 0.29) is 11.6 Å². The number of hydrogen-bond acceptors (Lipinski definition) is 3. The lowest BCUT2D eigenvalue weighted by atomic mass is 10.0. The van der Waals surface area contributed by atoms with Crippen LogP contribution >= 0.6 is 15.9 Å². The zero-order chi connectivity index (χ0) is 13.7. The fourth-order valence-electron chi connectivity index (χ4n) is 1.54. The number of halogens is 2. The van der Waals surface area contributed by atoms with E-state index in [0.29, 0.717) is 0 Å². The first-order valence-corrected chi connectivity index (χ1v) is 6.57. The molecule has 2 unspecified atom stereocenters. The summed E-state index contributed by atoms with van der Waals surface area (Å²) in [5, 5.41) is 3.07. The van der Waals surface area contributed by atoms with Crippen LogP contribution in [-0.2, 0) is 9.53 Å². The largest absolute Gasteiger partial charge is 0.468 e. The molecule has 0 aliphatic heterocycles. The van der Waals surface area contributed by atoms with Gasteiger partial charge >= 0.3 is 5.97 Å². The Labute approximate surface area is 115 Å². The van der Waals surface area contributed by atoms with Crippen LogP contribution in [0, 0.1) is 5.82 Å². The fraction of sp³-hybridized carbons (Fsp3) is 0.462. The van der Waals surface area contributed by atoms with Crippen molar-refractivity contribution in [1.29, 1.82) is 0 Å². The van der Waals surface area contributed by atoms with Crippen molar-refractivity contribution < 1.29 is 13.9 Å². The summed E-state index contributed by atoms with van der Waals surface area (Å²) >= 11 is 3.27. The van der Waals surface area contributed by atoms with Crippen LogP contribution < -0.4 is 5.32 Å². The van der Waals surface area contributed by atoms with Crippen LogP contribution in [0.2, 0.25) is 0 Å². The highest BCUT2D eigenvalue weighted by Crippen LogP contribution is 2.23. The SMILES string of the molecule is CCC(C)NC(C(=O)OC)c1cc(Br)ccc1F. The Morgan fingerprint density at radius 2 is 2.22 bits per heavy atom. The number of methoxy groups -OCH3 is 1. The number of hydrogen-bond donors (Lipinski definition) is 1. The number of ether oxygens (including phenoxy) is 1. The van der Waals surface area contributed by atoms with Crippen LogP contribution in [0.1, 0.15) is 31.9 Å². The number of nitrogens with one attached hydrogen (secondary N) is 1. The number of carbonyl (C=O) groups is 1. The summed E-state index contributed by atoms with van der Waals surface area (Å²) in [7, 11) is 1.30. The first-order valence-electron chi connectivity index (χ1n) is 5.78. The van der Waals surface area contributed by atoms with Crippen LogP contribution in [0.4, 0.5) is 4.39 Å². The Hall–Kier alpha value is -0.940. The van der Waals surface area contributed by atoms with Gasteiger partial charge in [0.25, 0.3) is 0 Å². The summed E-state index contributed by atoms with van der Waals surface area (Å²) in [6, 6.07) is 3.81. The van der Waals surface area contributed by atoms with Crippen molar-refractivity contribution in [3.8, 4) is 0 Å². The molecule has 0 saturated heterocycles. The summed E-state index contributed by atoms with van der Waals surface area (Å²) in [6.45, 7) is 3.93. The van der Waals surface area contributed by atoms with E-state index in [9.17, 15) is 9.18 Å². The van der Waals surface area contributed by atoms with Crippen molar-refractivity contribution in [2.45, 2.75) is 32.4 Å². The van der Waals surface area contributed by atoms with Gasteiger partial charge < -0.3 is 4.74 Å². The van der Waals surface area contributed by atoms with Crippen molar-refractivity contribution in [3.63, 3.8) is 0 Å². The molecule has 18 heavy (non-hydrogen) atoms. The molecule has 5 heteroatoms. The molecule has 0 bridgehead atoms. The molecule has 0 heterocycles. The summed E-state index contributed by atoms with van der Waals surface area (Å²) in [6.07, 6.45) is 0.836. The second-order valence-corrected chi connectivity index (χ2v) is 5.01. The molecule has 0 radical (unpaired) electrons. The molecule has 2 atom stereocenters. The minimum absolute atomic E-state index is 0.0903. The van der Waals surface area contributed by atoms with E-state index in [4.69, 9.17) is 4.74 Å². The van der Waals surface area contributed by atoms with Crippen LogP contribution in [0.15, 0.2) is 22.7 Å². The van der Waals surface area contributed by atoms with E-state index in [1.54, 1.807) is 12.1 Å². The van der Waals surface area contributed by atoms with E-state index in [1.165, 1.54) is 13.2 Å². The van der Waals surface area contributed by atoms with Crippen LogP contribution in [-0.4, -0.2) is 19.1 Å². The maximum Gasteiger partial charge on any atom is 0.327 e. The molecule has 0 amide bonds. The number of rotatable bonds is 5. The Balaban J connectivity index is 3.08. The second-order valence-electron chi connectivity index (χ2n) is 4.10. The maximum absolute atomic E-state index is 13.8. The molecular weight excluding hydrogens is 301 g/mol. The number of benzene rings is 1. The Morgan fingerprint density at radius 1 is 1.56 bits per heavy atom. The third kappa shape index (κ3) is 3.78. The first-order chi connectivity index (χ1) is 8.49. The molecule has 0 spiro atoms. The van der Waals surface area contributed by atoms with Gasteiger partial charge in [0.05, 0.1) is 7.11 Å². The molecule has 0 aliphatic rings. The predicted octanol–water partition coefficient (Wildman–Crippen LogP) is 3.19. The third-order valence-electron chi connectivity index (χ3n) is 2.77. The average molecular weight is 318 g/mol. The Bertz CT molecular complexity index is 425. The minimum atomic E-state index is -0.789. The standard InChI is InChI=1S/C13H17BrFNO2/c1-4-8(2)16-12(13(17)18-3)10-7-9(14)5-6-11(10)15/h5-8,12,16H,4H2,1-3H3. The minimum Gasteiger partial charge on any atom is -0.468 e. The summed E-state index contributed by atoms with van der Waals surface area (Å²) in [5.74, 6) is -0.920. The lowest BCUT2D eigenvalue weighted by Gasteiger charge is -2.21. The van der Waals surface area contributed by atoms with Gasteiger partial charge in [-0.25, -0.2) is 9.18 Å². The number of esters is 1. The van der Waals surface area contributed by atoms with Gasteiger partial charge in [-0.2, -0.15) is 0 Å². The molecule has 100 valence electrons. The van der Waals surface area contributed by atoms with Crippen molar-refractivity contribution in [3.05, 3.63) is 34.1 Å². The Kier molecular flexibility index (Phi) is 5.75. The molecular formula is C13H17BrFNO2. The highest BCUT2D eigenvalue weighted by atomic mass is 79.9. The topological polar surface area (TPSA) is 38.3 Å². The fourth-order valence-corrected chi connectivity index (χ4v) is 1.92. The Morgan fingerprint density at radius 3 is 2.78 bits per heavy atom. The molecule has 0 aliphatic carbocycles.